The zero-order valence-electron chi connectivity index (χ0n) is 28.3. The third-order valence-corrected chi connectivity index (χ3v) is 7.65. The Morgan fingerprint density at radius 1 is 0.600 bits per heavy atom. The van der Waals surface area contributed by atoms with Crippen molar-refractivity contribution in [2.24, 2.45) is 0 Å². The molecule has 0 saturated carbocycles. The molecule has 3 heterocycles. The molecular formula is C38H35NO11. The van der Waals surface area contributed by atoms with Crippen LogP contribution in [0.4, 0.5) is 5.69 Å². The van der Waals surface area contributed by atoms with Crippen molar-refractivity contribution in [3.8, 4) is 11.5 Å². The second kappa shape index (κ2) is 15.7. The van der Waals surface area contributed by atoms with E-state index < -0.39 is 16.9 Å². The molecule has 0 aliphatic heterocycles. The van der Waals surface area contributed by atoms with E-state index in [9.17, 15) is 33.9 Å². The van der Waals surface area contributed by atoms with Crippen LogP contribution < -0.4 is 26.5 Å². The van der Waals surface area contributed by atoms with Crippen molar-refractivity contribution in [1.29, 1.82) is 0 Å². The van der Waals surface area contributed by atoms with Crippen molar-refractivity contribution >= 4 is 55.9 Å². The van der Waals surface area contributed by atoms with E-state index in [0.29, 0.717) is 27.7 Å². The Bertz CT molecular complexity index is 2410. The molecule has 6 rings (SSSR count). The van der Waals surface area contributed by atoms with Crippen LogP contribution in [-0.2, 0) is 0 Å². The van der Waals surface area contributed by atoms with E-state index in [1.807, 2.05) is 18.2 Å². The number of hydrogen-bond acceptors (Lipinski definition) is 12. The average Bonchev–Trinajstić information content (AvgIpc) is 3.07. The van der Waals surface area contributed by atoms with Gasteiger partial charge in [-0.1, -0.05) is 0 Å². The number of aromatic hydroxyl groups is 1. The molecule has 12 heteroatoms. The summed E-state index contributed by atoms with van der Waals surface area (Å²) in [5, 5.41) is 11.2. The fraction of sp³-hybridized carbons (Fsp3) is 0.211. The quantitative estimate of drug-likeness (QED) is 0.142. The van der Waals surface area contributed by atoms with Crippen LogP contribution in [0.25, 0.3) is 32.9 Å². The maximum atomic E-state index is 11.7. The Balaban J connectivity index is 0.000000170. The van der Waals surface area contributed by atoms with Gasteiger partial charge in [0.25, 0.3) is 0 Å². The minimum absolute atomic E-state index is 0.0150. The second-order valence-electron chi connectivity index (χ2n) is 11.0. The Labute approximate surface area is 285 Å². The van der Waals surface area contributed by atoms with Crippen molar-refractivity contribution in [1.82, 2.24) is 0 Å². The molecule has 0 amide bonds. The molecule has 0 aliphatic carbocycles. The van der Waals surface area contributed by atoms with Gasteiger partial charge in [-0.25, -0.2) is 14.4 Å². The number of hydrogen-bond donors (Lipinski definition) is 1. The third-order valence-electron chi connectivity index (χ3n) is 7.65. The predicted molar refractivity (Wildman–Crippen MR) is 189 cm³/mol. The van der Waals surface area contributed by atoms with E-state index in [2.05, 4.69) is 18.7 Å². The van der Waals surface area contributed by atoms with E-state index in [-0.39, 0.29) is 45.4 Å². The summed E-state index contributed by atoms with van der Waals surface area (Å²) in [4.78, 5) is 70.1. The average molecular weight is 682 g/mol. The van der Waals surface area contributed by atoms with Gasteiger partial charge in [0.15, 0.2) is 17.3 Å². The van der Waals surface area contributed by atoms with Crippen molar-refractivity contribution < 1.29 is 37.5 Å². The topological polar surface area (TPSA) is 175 Å². The van der Waals surface area contributed by atoms with Crippen LogP contribution in [0.3, 0.4) is 0 Å². The van der Waals surface area contributed by atoms with Crippen LogP contribution in [0.2, 0.25) is 0 Å². The lowest BCUT2D eigenvalue weighted by Gasteiger charge is -2.20. The number of rotatable bonds is 7. The lowest BCUT2D eigenvalue weighted by Crippen LogP contribution is -2.21. The first-order valence-corrected chi connectivity index (χ1v) is 15.5. The van der Waals surface area contributed by atoms with Gasteiger partial charge < -0.3 is 28.0 Å². The first-order chi connectivity index (χ1) is 23.8. The highest BCUT2D eigenvalue weighted by molar-refractivity contribution is 5.98. The molecule has 0 radical (unpaired) electrons. The van der Waals surface area contributed by atoms with Crippen LogP contribution in [0, 0.1) is 0 Å². The van der Waals surface area contributed by atoms with E-state index in [4.69, 9.17) is 18.0 Å². The lowest BCUT2D eigenvalue weighted by molar-refractivity contribution is 0.100. The summed E-state index contributed by atoms with van der Waals surface area (Å²) >= 11 is 0. The summed E-state index contributed by atoms with van der Waals surface area (Å²) in [7, 11) is 1.53. The number of methoxy groups -OCH3 is 1. The van der Waals surface area contributed by atoms with Crippen molar-refractivity contribution in [3.63, 3.8) is 0 Å². The molecular weight excluding hydrogens is 646 g/mol. The molecule has 0 bridgehead atoms. The van der Waals surface area contributed by atoms with E-state index in [0.717, 1.165) is 24.2 Å². The minimum Gasteiger partial charge on any atom is -0.508 e. The largest absolute Gasteiger partial charge is 0.508 e. The molecule has 0 saturated heterocycles. The molecule has 12 nitrogen and oxygen atoms in total. The van der Waals surface area contributed by atoms with E-state index >= 15 is 0 Å². The number of benzene rings is 3. The normalized spacial score (nSPS) is 10.5. The number of fused-ring (bicyclic) bond motifs is 3. The number of ketones is 3. The number of ether oxygens (including phenoxy) is 1. The SMILES string of the molecule is CC(=O)c1cc2ccc(O)cc2oc1=O.CCN(CC)c1ccc2cc(C(C)=O)c(=O)oc2c1.COc1ccc2cc(C(C)=O)c(=O)oc2c1. The lowest BCUT2D eigenvalue weighted by atomic mass is 10.1. The monoisotopic (exact) mass is 681 g/mol. The second-order valence-corrected chi connectivity index (χ2v) is 11.0. The van der Waals surface area contributed by atoms with Crippen LogP contribution in [0.5, 0.6) is 11.5 Å². The highest BCUT2D eigenvalue weighted by Gasteiger charge is 2.12. The molecule has 3 aromatic carbocycles. The maximum Gasteiger partial charge on any atom is 0.347 e. The molecule has 1 N–H and O–H groups in total. The first-order valence-electron chi connectivity index (χ1n) is 15.5. The van der Waals surface area contributed by atoms with Gasteiger partial charge in [-0.05, 0) is 89.2 Å². The van der Waals surface area contributed by atoms with Gasteiger partial charge in [-0.3, -0.25) is 14.4 Å². The molecule has 6 aromatic rings. The Morgan fingerprint density at radius 3 is 1.42 bits per heavy atom. The first kappa shape index (κ1) is 36.5. The molecule has 0 unspecified atom stereocenters. The number of Topliss-reactive ketones (excluding diaryl/α,β-unsaturated/α-hetero) is 3. The highest BCUT2D eigenvalue weighted by Crippen LogP contribution is 2.23. The molecule has 0 aliphatic rings. The zero-order valence-corrected chi connectivity index (χ0v) is 28.3. The van der Waals surface area contributed by atoms with Gasteiger partial charge in [0.2, 0.25) is 0 Å². The Morgan fingerprint density at radius 2 is 1.00 bits per heavy atom. The van der Waals surface area contributed by atoms with E-state index in [1.54, 1.807) is 30.3 Å². The van der Waals surface area contributed by atoms with Gasteiger partial charge in [-0.2, -0.15) is 0 Å². The maximum absolute atomic E-state index is 11.7. The van der Waals surface area contributed by atoms with Crippen molar-refractivity contribution in [2.45, 2.75) is 34.6 Å². The fourth-order valence-electron chi connectivity index (χ4n) is 4.94. The third kappa shape index (κ3) is 8.40. The summed E-state index contributed by atoms with van der Waals surface area (Å²) in [5.74, 6) is -0.291. The molecule has 0 atom stereocenters. The summed E-state index contributed by atoms with van der Waals surface area (Å²) in [5.41, 5.74) is 0.523. The van der Waals surface area contributed by atoms with Crippen molar-refractivity contribution in [2.75, 3.05) is 25.1 Å². The number of anilines is 1. The van der Waals surface area contributed by atoms with Gasteiger partial charge in [-0.15, -0.1) is 0 Å². The Kier molecular flexibility index (Phi) is 11.5. The van der Waals surface area contributed by atoms with Gasteiger partial charge >= 0.3 is 16.9 Å². The van der Waals surface area contributed by atoms with Gasteiger partial charge in [0.1, 0.15) is 44.9 Å². The number of carbonyl (C=O) groups excluding carboxylic acids is 3. The summed E-state index contributed by atoms with van der Waals surface area (Å²) in [6.07, 6.45) is 0. The van der Waals surface area contributed by atoms with Gasteiger partial charge in [0, 0.05) is 53.1 Å². The summed E-state index contributed by atoms with van der Waals surface area (Å²) in [6, 6.07) is 19.7. The number of phenols is 1. The van der Waals surface area contributed by atoms with Gasteiger partial charge in [0.05, 0.1) is 7.11 Å². The molecule has 258 valence electrons. The van der Waals surface area contributed by atoms with Crippen LogP contribution in [0.1, 0.15) is 65.7 Å². The standard InChI is InChI=1S/C15H17NO3.C12H10O4.C11H8O4/c1-4-16(5-2)12-7-6-11-8-13(10(3)17)15(18)19-14(11)9-12;1-7(13)10-5-8-3-4-9(15-2)6-11(8)16-12(10)14;1-6(12)9-4-7-2-3-8(13)5-10(7)15-11(9)14/h6-9H,4-5H2,1-3H3;3-6H,1-2H3;2-5,13H,1H3. The molecule has 0 spiro atoms. The molecule has 50 heavy (non-hydrogen) atoms. The molecule has 3 aromatic heterocycles. The summed E-state index contributed by atoms with van der Waals surface area (Å²) < 4.78 is 20.2. The van der Waals surface area contributed by atoms with Crippen LogP contribution in [-0.4, -0.2) is 42.7 Å². The van der Waals surface area contributed by atoms with Crippen molar-refractivity contribution in [3.05, 3.63) is 121 Å². The number of phenolic OH excluding ortho intramolecular Hbond substituents is 1. The zero-order chi connectivity index (χ0) is 36.7. The fourth-order valence-corrected chi connectivity index (χ4v) is 4.94. The number of nitrogens with zero attached hydrogens (tertiary/aromatic N) is 1. The smallest absolute Gasteiger partial charge is 0.347 e. The summed E-state index contributed by atoms with van der Waals surface area (Å²) in [6.45, 7) is 9.92. The highest BCUT2D eigenvalue weighted by atomic mass is 16.5. The van der Waals surface area contributed by atoms with Crippen LogP contribution >= 0.6 is 0 Å². The number of carbonyl (C=O) groups is 3. The van der Waals surface area contributed by atoms with E-state index in [1.165, 1.54) is 52.1 Å². The van der Waals surface area contributed by atoms with Crippen LogP contribution in [0.15, 0.2) is 100 Å². The molecule has 0 fully saturated rings. The predicted octanol–water partition coefficient (Wildman–Crippen LogP) is 6.55. The Hall–Kier alpha value is -6.30. The minimum atomic E-state index is -0.680.